The predicted molar refractivity (Wildman–Crippen MR) is 149 cm³/mol. The molecule has 2 aromatic carbocycles. The molecule has 206 valence electrons. The molecule has 1 aliphatic carbocycles. The van der Waals surface area contributed by atoms with Crippen LogP contribution in [-0.4, -0.2) is 39.0 Å². The second-order valence-corrected chi connectivity index (χ2v) is 11.1. The Hall–Kier alpha value is -4.16. The molecule has 40 heavy (non-hydrogen) atoms. The fourth-order valence-corrected chi connectivity index (χ4v) is 5.70. The van der Waals surface area contributed by atoms with Gasteiger partial charge in [-0.2, -0.15) is 10.4 Å². The molecule has 2 fully saturated rings. The SMILES string of the molecule is Cc1cc(Oc2ccc(C(=O)N[C@H](C)C(=O)N3C(C4(C#N)CC4)CC[C@H]3c3cccc(Cl)c3)cc2C)c(=O)[nH]n1. The van der Waals surface area contributed by atoms with E-state index in [1.54, 1.807) is 45.0 Å². The molecule has 3 atom stereocenters. The number of nitriles is 1. The van der Waals surface area contributed by atoms with Crippen molar-refractivity contribution in [2.45, 2.75) is 64.6 Å². The van der Waals surface area contributed by atoms with E-state index in [0.717, 1.165) is 31.2 Å². The Bertz CT molecular complexity index is 1570. The molecule has 5 rings (SSSR count). The van der Waals surface area contributed by atoms with E-state index in [2.05, 4.69) is 21.6 Å². The molecule has 1 unspecified atom stereocenters. The number of amides is 2. The van der Waals surface area contributed by atoms with Crippen molar-refractivity contribution in [1.82, 2.24) is 20.4 Å². The maximum Gasteiger partial charge on any atom is 0.307 e. The number of nitrogens with one attached hydrogen (secondary N) is 2. The van der Waals surface area contributed by atoms with Gasteiger partial charge in [0.2, 0.25) is 5.91 Å². The van der Waals surface area contributed by atoms with Gasteiger partial charge in [-0.15, -0.1) is 0 Å². The molecule has 1 aromatic heterocycles. The van der Waals surface area contributed by atoms with Gasteiger partial charge in [0.1, 0.15) is 11.8 Å². The number of likely N-dealkylation sites (tertiary alicyclic amines) is 1. The minimum atomic E-state index is -0.820. The molecule has 2 aliphatic rings. The van der Waals surface area contributed by atoms with Gasteiger partial charge in [0.25, 0.3) is 5.91 Å². The second kappa shape index (κ2) is 10.8. The first-order chi connectivity index (χ1) is 19.1. The molecule has 2 amide bonds. The van der Waals surface area contributed by atoms with Crippen molar-refractivity contribution in [1.29, 1.82) is 5.26 Å². The van der Waals surface area contributed by atoms with E-state index in [9.17, 15) is 19.6 Å². The average molecular weight is 560 g/mol. The minimum Gasteiger partial charge on any atom is -0.451 e. The van der Waals surface area contributed by atoms with Crippen LogP contribution in [0.4, 0.5) is 0 Å². The lowest BCUT2D eigenvalue weighted by Crippen LogP contribution is -2.51. The van der Waals surface area contributed by atoms with E-state index in [4.69, 9.17) is 16.3 Å². The Morgan fingerprint density at radius 1 is 1.18 bits per heavy atom. The average Bonchev–Trinajstić information content (AvgIpc) is 3.60. The molecule has 1 saturated carbocycles. The number of H-pyrrole nitrogens is 1. The smallest absolute Gasteiger partial charge is 0.307 e. The van der Waals surface area contributed by atoms with Crippen LogP contribution in [0.25, 0.3) is 0 Å². The summed E-state index contributed by atoms with van der Waals surface area (Å²) in [6, 6.07) is 15.0. The van der Waals surface area contributed by atoms with Crippen LogP contribution in [0, 0.1) is 30.6 Å². The van der Waals surface area contributed by atoms with E-state index in [0.29, 0.717) is 27.6 Å². The summed E-state index contributed by atoms with van der Waals surface area (Å²) in [5.41, 5.74) is 1.52. The van der Waals surface area contributed by atoms with E-state index >= 15 is 0 Å². The predicted octanol–water partition coefficient (Wildman–Crippen LogP) is 4.99. The quantitative estimate of drug-likeness (QED) is 0.420. The van der Waals surface area contributed by atoms with Crippen LogP contribution in [0.2, 0.25) is 5.02 Å². The maximum absolute atomic E-state index is 13.9. The van der Waals surface area contributed by atoms with Crippen molar-refractivity contribution in [2.75, 3.05) is 0 Å². The molecule has 2 heterocycles. The first kappa shape index (κ1) is 27.4. The van der Waals surface area contributed by atoms with Gasteiger partial charge in [-0.05, 0) is 87.9 Å². The Morgan fingerprint density at radius 3 is 2.62 bits per heavy atom. The zero-order chi connectivity index (χ0) is 28.6. The van der Waals surface area contributed by atoms with Crippen LogP contribution in [-0.2, 0) is 4.79 Å². The Morgan fingerprint density at radius 2 is 1.95 bits per heavy atom. The minimum absolute atomic E-state index is 0.104. The number of benzene rings is 2. The highest BCUT2D eigenvalue weighted by Crippen LogP contribution is 2.56. The zero-order valence-corrected chi connectivity index (χ0v) is 23.3. The topological polar surface area (TPSA) is 128 Å². The lowest BCUT2D eigenvalue weighted by atomic mass is 9.95. The number of aryl methyl sites for hydroxylation is 2. The number of rotatable bonds is 7. The van der Waals surface area contributed by atoms with Crippen LogP contribution in [0.3, 0.4) is 0 Å². The highest BCUT2D eigenvalue weighted by Gasteiger charge is 2.57. The highest BCUT2D eigenvalue weighted by molar-refractivity contribution is 6.30. The number of halogens is 1. The fraction of sp³-hybridized carbons (Fsp3) is 0.367. The van der Waals surface area contributed by atoms with Crippen LogP contribution < -0.4 is 15.6 Å². The van der Waals surface area contributed by atoms with Crippen molar-refractivity contribution in [3.63, 3.8) is 0 Å². The molecular formula is C30H30ClN5O4. The number of carbonyl (C=O) groups is 2. The van der Waals surface area contributed by atoms with Gasteiger partial charge < -0.3 is 15.0 Å². The zero-order valence-electron chi connectivity index (χ0n) is 22.5. The van der Waals surface area contributed by atoms with Gasteiger partial charge in [-0.3, -0.25) is 14.4 Å². The molecule has 9 nitrogen and oxygen atoms in total. The number of aromatic nitrogens is 2. The molecule has 10 heteroatoms. The van der Waals surface area contributed by atoms with Crippen molar-refractivity contribution >= 4 is 23.4 Å². The van der Waals surface area contributed by atoms with E-state index in [1.165, 1.54) is 6.07 Å². The molecule has 3 aromatic rings. The first-order valence-corrected chi connectivity index (χ1v) is 13.6. The molecule has 0 spiro atoms. The van der Waals surface area contributed by atoms with E-state index in [1.807, 2.05) is 23.1 Å². The van der Waals surface area contributed by atoms with Crippen molar-refractivity contribution < 1.29 is 14.3 Å². The van der Waals surface area contributed by atoms with Gasteiger partial charge in [0.05, 0.1) is 29.3 Å². The summed E-state index contributed by atoms with van der Waals surface area (Å²) in [7, 11) is 0. The Balaban J connectivity index is 1.33. The summed E-state index contributed by atoms with van der Waals surface area (Å²) in [6.45, 7) is 5.17. The third-order valence-electron chi connectivity index (χ3n) is 7.79. The van der Waals surface area contributed by atoms with Crippen molar-refractivity contribution in [3.8, 4) is 17.6 Å². The summed E-state index contributed by atoms with van der Waals surface area (Å²) in [6.07, 6.45) is 2.97. The molecule has 0 bridgehead atoms. The largest absolute Gasteiger partial charge is 0.451 e. The Kier molecular flexibility index (Phi) is 7.39. The van der Waals surface area contributed by atoms with Crippen molar-refractivity contribution in [2.24, 2.45) is 5.41 Å². The molecule has 1 aliphatic heterocycles. The second-order valence-electron chi connectivity index (χ2n) is 10.7. The summed E-state index contributed by atoms with van der Waals surface area (Å²) < 4.78 is 5.75. The summed E-state index contributed by atoms with van der Waals surface area (Å²) >= 11 is 6.26. The highest BCUT2D eigenvalue weighted by atomic mass is 35.5. The maximum atomic E-state index is 13.9. The molecule has 0 radical (unpaired) electrons. The lowest BCUT2D eigenvalue weighted by Gasteiger charge is -2.35. The first-order valence-electron chi connectivity index (χ1n) is 13.3. The van der Waals surface area contributed by atoms with Crippen LogP contribution >= 0.6 is 11.6 Å². The summed E-state index contributed by atoms with van der Waals surface area (Å²) in [5, 5.41) is 19.5. The van der Waals surface area contributed by atoms with Gasteiger partial charge in [-0.25, -0.2) is 5.10 Å². The van der Waals surface area contributed by atoms with Crippen LogP contribution in [0.1, 0.15) is 65.8 Å². The number of ether oxygens (including phenoxy) is 1. The Labute approximate surface area is 237 Å². The van der Waals surface area contributed by atoms with Gasteiger partial charge in [0, 0.05) is 16.7 Å². The number of aromatic amines is 1. The van der Waals surface area contributed by atoms with Gasteiger partial charge >= 0.3 is 5.56 Å². The van der Waals surface area contributed by atoms with Crippen LogP contribution in [0.15, 0.2) is 53.3 Å². The number of hydrogen-bond acceptors (Lipinski definition) is 6. The monoisotopic (exact) mass is 559 g/mol. The van der Waals surface area contributed by atoms with Crippen molar-refractivity contribution in [3.05, 3.63) is 86.3 Å². The lowest BCUT2D eigenvalue weighted by molar-refractivity contribution is -0.137. The third kappa shape index (κ3) is 5.32. The summed E-state index contributed by atoms with van der Waals surface area (Å²) in [4.78, 5) is 40.9. The number of hydrogen-bond donors (Lipinski definition) is 2. The number of nitrogens with zero attached hydrogens (tertiary/aromatic N) is 3. The van der Waals surface area contributed by atoms with Gasteiger partial charge in [-0.1, -0.05) is 23.7 Å². The summed E-state index contributed by atoms with van der Waals surface area (Å²) in [5.74, 6) is -0.115. The standard InChI is InChI=1S/C30H30ClN5O4/c1-17-13-21(7-9-24(17)40-25-14-18(2)34-35-28(25)38)27(37)33-19(3)29(39)36-23(20-5-4-6-22(31)15-20)8-10-26(36)30(16-32)11-12-30/h4-7,9,13-15,19,23,26H,8,10-12H2,1-3H3,(H,33,37)(H,35,38)/t19-,23+,26?/m1/s1. The van der Waals surface area contributed by atoms with Gasteiger partial charge in [0.15, 0.2) is 5.75 Å². The molecular weight excluding hydrogens is 530 g/mol. The normalized spacial score (nSPS) is 19.9. The fourth-order valence-electron chi connectivity index (χ4n) is 5.50. The van der Waals surface area contributed by atoms with Crippen LogP contribution in [0.5, 0.6) is 11.5 Å². The molecule has 1 saturated heterocycles. The third-order valence-corrected chi connectivity index (χ3v) is 8.03. The molecule has 2 N–H and O–H groups in total. The van der Waals surface area contributed by atoms with E-state index < -0.39 is 22.9 Å². The van der Waals surface area contributed by atoms with E-state index in [-0.39, 0.29) is 23.7 Å². The number of carbonyl (C=O) groups excluding carboxylic acids is 2.